The van der Waals surface area contributed by atoms with Crippen molar-refractivity contribution >= 4 is 28.0 Å². The van der Waals surface area contributed by atoms with E-state index >= 15 is 0 Å². The molecule has 0 spiro atoms. The molecule has 1 aromatic heterocycles. The van der Waals surface area contributed by atoms with Gasteiger partial charge in [0.2, 0.25) is 0 Å². The van der Waals surface area contributed by atoms with Gasteiger partial charge in [-0.15, -0.1) is 0 Å². The van der Waals surface area contributed by atoms with Gasteiger partial charge in [-0.2, -0.15) is 0 Å². The molecule has 0 aliphatic rings. The van der Waals surface area contributed by atoms with Gasteiger partial charge in [0, 0.05) is 17.6 Å². The second-order valence-corrected chi connectivity index (χ2v) is 6.45. The molecule has 2 aromatic carbocycles. The third kappa shape index (κ3) is 3.06. The first kappa shape index (κ1) is 17.7. The molecule has 26 heavy (non-hydrogen) atoms. The summed E-state index contributed by atoms with van der Waals surface area (Å²) in [5.41, 5.74) is 1.76. The standard InChI is InChI=1S/C20H21N3O3/c1-4-22-17-8-6-5-7-16(17)18(19(20(22)24)23(25)26)21-15-11-9-14(10-12-15)13(2)3/h5-13,21H,4H2,1-3H3. The second-order valence-electron chi connectivity index (χ2n) is 6.45. The molecule has 1 heterocycles. The van der Waals surface area contributed by atoms with Crippen molar-refractivity contribution in [1.82, 2.24) is 4.57 Å². The Morgan fingerprint density at radius 3 is 2.35 bits per heavy atom. The van der Waals surface area contributed by atoms with Gasteiger partial charge in [0.15, 0.2) is 0 Å². The second kappa shape index (κ2) is 7.00. The highest BCUT2D eigenvalue weighted by molar-refractivity contribution is 5.97. The summed E-state index contributed by atoms with van der Waals surface area (Å²) < 4.78 is 1.43. The summed E-state index contributed by atoms with van der Waals surface area (Å²) in [4.78, 5) is 23.7. The van der Waals surface area contributed by atoms with Crippen LogP contribution in [0.25, 0.3) is 10.9 Å². The van der Waals surface area contributed by atoms with Crippen LogP contribution in [0.15, 0.2) is 53.3 Å². The lowest BCUT2D eigenvalue weighted by Crippen LogP contribution is -2.23. The van der Waals surface area contributed by atoms with E-state index in [4.69, 9.17) is 0 Å². The Kier molecular flexibility index (Phi) is 4.75. The van der Waals surface area contributed by atoms with Crippen LogP contribution in [0.2, 0.25) is 0 Å². The molecule has 0 saturated heterocycles. The summed E-state index contributed by atoms with van der Waals surface area (Å²) in [6.45, 7) is 6.37. The van der Waals surface area contributed by atoms with Gasteiger partial charge in [-0.3, -0.25) is 14.9 Å². The van der Waals surface area contributed by atoms with Crippen molar-refractivity contribution in [2.45, 2.75) is 33.2 Å². The van der Waals surface area contributed by atoms with Crippen molar-refractivity contribution < 1.29 is 4.92 Å². The molecule has 0 saturated carbocycles. The van der Waals surface area contributed by atoms with Crippen molar-refractivity contribution in [2.75, 3.05) is 5.32 Å². The lowest BCUT2D eigenvalue weighted by molar-refractivity contribution is -0.385. The molecular formula is C20H21N3O3. The van der Waals surface area contributed by atoms with Gasteiger partial charge in [0.05, 0.1) is 10.4 Å². The number of aryl methyl sites for hydroxylation is 1. The smallest absolute Gasteiger partial charge is 0.349 e. The van der Waals surface area contributed by atoms with E-state index in [-0.39, 0.29) is 5.69 Å². The van der Waals surface area contributed by atoms with Crippen LogP contribution in [-0.4, -0.2) is 9.49 Å². The molecular weight excluding hydrogens is 330 g/mol. The Bertz CT molecular complexity index is 1020. The number of hydrogen-bond donors (Lipinski definition) is 1. The normalized spacial score (nSPS) is 11.1. The molecule has 0 atom stereocenters. The average Bonchev–Trinajstić information content (AvgIpc) is 2.62. The first-order valence-corrected chi connectivity index (χ1v) is 8.61. The molecule has 0 fully saturated rings. The number of nitro groups is 1. The molecule has 0 unspecified atom stereocenters. The van der Waals surface area contributed by atoms with Crippen LogP contribution in [0.5, 0.6) is 0 Å². The van der Waals surface area contributed by atoms with E-state index in [2.05, 4.69) is 19.2 Å². The minimum Gasteiger partial charge on any atom is -0.349 e. The summed E-state index contributed by atoms with van der Waals surface area (Å²) in [6, 6.07) is 14.9. The summed E-state index contributed by atoms with van der Waals surface area (Å²) in [6.07, 6.45) is 0. The lowest BCUT2D eigenvalue weighted by atomic mass is 10.0. The van der Waals surface area contributed by atoms with Crippen LogP contribution in [0.1, 0.15) is 32.3 Å². The number of rotatable bonds is 5. The number of anilines is 2. The van der Waals surface area contributed by atoms with Crippen LogP contribution in [0, 0.1) is 10.1 Å². The van der Waals surface area contributed by atoms with E-state index in [0.717, 1.165) is 0 Å². The van der Waals surface area contributed by atoms with Crippen LogP contribution in [0.4, 0.5) is 17.1 Å². The van der Waals surface area contributed by atoms with Gasteiger partial charge in [0.25, 0.3) is 0 Å². The monoisotopic (exact) mass is 351 g/mol. The van der Waals surface area contributed by atoms with E-state index in [1.54, 1.807) is 19.1 Å². The molecule has 0 aliphatic carbocycles. The SMILES string of the molecule is CCn1c(=O)c([N+](=O)[O-])c(Nc2ccc(C(C)C)cc2)c2ccccc21. The molecule has 1 N–H and O–H groups in total. The number of nitrogens with zero attached hydrogens (tertiary/aromatic N) is 2. The van der Waals surface area contributed by atoms with Crippen LogP contribution in [-0.2, 0) is 6.54 Å². The van der Waals surface area contributed by atoms with E-state index in [1.807, 2.05) is 36.4 Å². The Morgan fingerprint density at radius 1 is 1.12 bits per heavy atom. The van der Waals surface area contributed by atoms with Crippen molar-refractivity contribution in [3.05, 3.63) is 74.6 Å². The highest BCUT2D eigenvalue weighted by Crippen LogP contribution is 2.33. The van der Waals surface area contributed by atoms with Crippen molar-refractivity contribution in [2.24, 2.45) is 0 Å². The molecule has 0 bridgehead atoms. The van der Waals surface area contributed by atoms with E-state index in [1.165, 1.54) is 10.1 Å². The van der Waals surface area contributed by atoms with Gasteiger partial charge >= 0.3 is 11.2 Å². The fourth-order valence-corrected chi connectivity index (χ4v) is 3.10. The first-order chi connectivity index (χ1) is 12.4. The number of nitrogens with one attached hydrogen (secondary N) is 1. The third-order valence-corrected chi connectivity index (χ3v) is 4.49. The van der Waals surface area contributed by atoms with Gasteiger partial charge in [-0.05, 0) is 36.6 Å². The fraction of sp³-hybridized carbons (Fsp3) is 0.250. The Hall–Kier alpha value is -3.15. The molecule has 6 heteroatoms. The van der Waals surface area contributed by atoms with Crippen molar-refractivity contribution in [1.29, 1.82) is 0 Å². The molecule has 3 rings (SSSR count). The quantitative estimate of drug-likeness (QED) is 0.529. The number of benzene rings is 2. The number of para-hydroxylation sites is 1. The summed E-state index contributed by atoms with van der Waals surface area (Å²) >= 11 is 0. The lowest BCUT2D eigenvalue weighted by Gasteiger charge is -2.15. The highest BCUT2D eigenvalue weighted by Gasteiger charge is 2.25. The van der Waals surface area contributed by atoms with Crippen LogP contribution >= 0.6 is 0 Å². The van der Waals surface area contributed by atoms with Gasteiger partial charge in [-0.25, -0.2) is 0 Å². The van der Waals surface area contributed by atoms with E-state index in [0.29, 0.717) is 29.1 Å². The zero-order chi connectivity index (χ0) is 18.8. The molecule has 6 nitrogen and oxygen atoms in total. The highest BCUT2D eigenvalue weighted by atomic mass is 16.6. The summed E-state index contributed by atoms with van der Waals surface area (Å²) in [7, 11) is 0. The van der Waals surface area contributed by atoms with Crippen LogP contribution < -0.4 is 10.9 Å². The van der Waals surface area contributed by atoms with Gasteiger partial charge < -0.3 is 9.88 Å². The number of aromatic nitrogens is 1. The average molecular weight is 351 g/mol. The predicted octanol–water partition coefficient (Wildman–Crippen LogP) is 4.80. The van der Waals surface area contributed by atoms with Gasteiger partial charge in [0.1, 0.15) is 5.69 Å². The molecule has 0 radical (unpaired) electrons. The summed E-state index contributed by atoms with van der Waals surface area (Å²) in [5, 5.41) is 15.4. The Morgan fingerprint density at radius 2 is 1.77 bits per heavy atom. The largest absolute Gasteiger partial charge is 0.357 e. The fourth-order valence-electron chi connectivity index (χ4n) is 3.10. The van der Waals surface area contributed by atoms with Crippen molar-refractivity contribution in [3.8, 4) is 0 Å². The zero-order valence-electron chi connectivity index (χ0n) is 15.0. The maximum atomic E-state index is 12.7. The molecule has 0 amide bonds. The summed E-state index contributed by atoms with van der Waals surface area (Å²) in [5.74, 6) is 0.396. The Labute approximate surface area is 151 Å². The minimum atomic E-state index is -0.605. The molecule has 3 aromatic rings. The third-order valence-electron chi connectivity index (χ3n) is 4.49. The maximum Gasteiger partial charge on any atom is 0.357 e. The first-order valence-electron chi connectivity index (χ1n) is 8.61. The number of fused-ring (bicyclic) bond motifs is 1. The van der Waals surface area contributed by atoms with E-state index < -0.39 is 16.2 Å². The number of hydrogen-bond acceptors (Lipinski definition) is 4. The predicted molar refractivity (Wildman–Crippen MR) is 104 cm³/mol. The minimum absolute atomic E-state index is 0.234. The zero-order valence-corrected chi connectivity index (χ0v) is 15.0. The Balaban J connectivity index is 2.22. The van der Waals surface area contributed by atoms with Crippen LogP contribution in [0.3, 0.4) is 0 Å². The molecule has 0 aliphatic heterocycles. The number of pyridine rings is 1. The topological polar surface area (TPSA) is 77.2 Å². The van der Waals surface area contributed by atoms with E-state index in [9.17, 15) is 14.9 Å². The van der Waals surface area contributed by atoms with Gasteiger partial charge in [-0.1, -0.05) is 44.2 Å². The molecule has 134 valence electrons. The van der Waals surface area contributed by atoms with Crippen molar-refractivity contribution in [3.63, 3.8) is 0 Å². The maximum absolute atomic E-state index is 12.7.